The van der Waals surface area contributed by atoms with Gasteiger partial charge in [-0.2, -0.15) is 8.42 Å². The molecule has 0 fully saturated rings. The number of hydrogen-bond acceptors (Lipinski definition) is 6. The first-order valence-corrected chi connectivity index (χ1v) is 5.52. The Morgan fingerprint density at radius 1 is 1.47 bits per heavy atom. The van der Waals surface area contributed by atoms with E-state index in [0.29, 0.717) is 0 Å². The zero-order valence-electron chi connectivity index (χ0n) is 7.58. The fourth-order valence-corrected chi connectivity index (χ4v) is 2.20. The monoisotopic (exact) mass is 249 g/mol. The van der Waals surface area contributed by atoms with Crippen LogP contribution in [0.3, 0.4) is 0 Å². The van der Waals surface area contributed by atoms with E-state index < -0.39 is 25.6 Å². The van der Waals surface area contributed by atoms with Crippen LogP contribution < -0.4 is 0 Å². The van der Waals surface area contributed by atoms with E-state index in [2.05, 4.69) is 16.8 Å². The number of benzene rings is 1. The average Bonchev–Trinajstić information content (AvgIpc) is 2.16. The second kappa shape index (κ2) is 4.17. The van der Waals surface area contributed by atoms with Crippen LogP contribution in [0.25, 0.3) is 0 Å². The first-order chi connectivity index (χ1) is 6.90. The van der Waals surface area contributed by atoms with Gasteiger partial charge >= 0.3 is 15.8 Å². The number of rotatable bonds is 3. The van der Waals surface area contributed by atoms with E-state index >= 15 is 0 Å². The molecule has 82 valence electrons. The average molecular weight is 249 g/mol. The van der Waals surface area contributed by atoms with Crippen LogP contribution in [-0.2, 0) is 14.3 Å². The molecule has 15 heavy (non-hydrogen) atoms. The fraction of sp³-hybridized carbons (Fsp3) is 0.143. The van der Waals surface area contributed by atoms with Gasteiger partial charge in [0.05, 0.1) is 16.9 Å². The van der Waals surface area contributed by atoms with Crippen molar-refractivity contribution in [3.63, 3.8) is 0 Å². The Bertz CT molecular complexity index is 496. The summed E-state index contributed by atoms with van der Waals surface area (Å²) in [6.07, 6.45) is 0. The maximum Gasteiger partial charge on any atom is 0.303 e. The Hall–Kier alpha value is -1.12. The van der Waals surface area contributed by atoms with Gasteiger partial charge in [-0.15, -0.1) is 12.6 Å². The Morgan fingerprint density at radius 2 is 2.07 bits per heavy atom. The lowest BCUT2D eigenvalue weighted by atomic mass is 10.3. The Labute approximate surface area is 91.6 Å². The van der Waals surface area contributed by atoms with Gasteiger partial charge in [0.1, 0.15) is 0 Å². The molecule has 0 bridgehead atoms. The third kappa shape index (κ3) is 2.28. The molecule has 0 amide bonds. The van der Waals surface area contributed by atoms with Gasteiger partial charge in [-0.25, -0.2) is 0 Å². The highest BCUT2D eigenvalue weighted by atomic mass is 32.2. The molecule has 6 nitrogen and oxygen atoms in total. The quantitative estimate of drug-likeness (QED) is 0.376. The molecule has 0 saturated carbocycles. The fourth-order valence-electron chi connectivity index (χ4n) is 0.986. The normalized spacial score (nSPS) is 11.3. The van der Waals surface area contributed by atoms with E-state index in [0.717, 1.165) is 13.2 Å². The van der Waals surface area contributed by atoms with E-state index in [9.17, 15) is 18.5 Å². The predicted octanol–water partition coefficient (Wildman–Crippen LogP) is 1.22. The molecule has 0 aliphatic heterocycles. The van der Waals surface area contributed by atoms with Gasteiger partial charge in [0.15, 0.2) is 4.90 Å². The zero-order chi connectivity index (χ0) is 11.6. The van der Waals surface area contributed by atoms with Crippen molar-refractivity contribution >= 4 is 28.4 Å². The Morgan fingerprint density at radius 3 is 2.53 bits per heavy atom. The van der Waals surface area contributed by atoms with Gasteiger partial charge in [0.2, 0.25) is 0 Å². The van der Waals surface area contributed by atoms with Crippen LogP contribution in [0.5, 0.6) is 0 Å². The highest BCUT2D eigenvalue weighted by Gasteiger charge is 2.27. The summed E-state index contributed by atoms with van der Waals surface area (Å²) < 4.78 is 26.8. The molecule has 0 heterocycles. The summed E-state index contributed by atoms with van der Waals surface area (Å²) in [6, 6.07) is 3.77. The molecule has 1 rings (SSSR count). The maximum absolute atomic E-state index is 11.3. The van der Waals surface area contributed by atoms with Gasteiger partial charge in [-0.1, -0.05) is 6.07 Å². The van der Waals surface area contributed by atoms with Gasteiger partial charge < -0.3 is 0 Å². The first-order valence-electron chi connectivity index (χ1n) is 3.67. The lowest BCUT2D eigenvalue weighted by Crippen LogP contribution is -2.06. The second-order valence-corrected chi connectivity index (χ2v) is 4.66. The number of nitrogens with zero attached hydrogens (tertiary/aromatic N) is 1. The van der Waals surface area contributed by atoms with Crippen molar-refractivity contribution in [3.05, 3.63) is 28.3 Å². The van der Waals surface area contributed by atoms with Crippen molar-refractivity contribution in [2.45, 2.75) is 9.79 Å². The molecule has 0 aliphatic rings. The molecule has 0 unspecified atom stereocenters. The van der Waals surface area contributed by atoms with E-state index in [-0.39, 0.29) is 4.90 Å². The topological polar surface area (TPSA) is 86.5 Å². The largest absolute Gasteiger partial charge is 0.303 e. The SMILES string of the molecule is COS(=O)(=O)c1cccc(S)c1[N+](=O)[O-]. The number of para-hydroxylation sites is 1. The van der Waals surface area contributed by atoms with Crippen molar-refractivity contribution in [2.24, 2.45) is 0 Å². The van der Waals surface area contributed by atoms with Crippen LogP contribution in [0.2, 0.25) is 0 Å². The lowest BCUT2D eigenvalue weighted by Gasteiger charge is -2.03. The molecule has 0 atom stereocenters. The van der Waals surface area contributed by atoms with Gasteiger partial charge in [-0.3, -0.25) is 14.3 Å². The van der Waals surface area contributed by atoms with Crippen molar-refractivity contribution in [1.82, 2.24) is 0 Å². The summed E-state index contributed by atoms with van der Waals surface area (Å²) in [5, 5.41) is 10.6. The third-order valence-corrected chi connectivity index (χ3v) is 3.32. The summed E-state index contributed by atoms with van der Waals surface area (Å²) in [6.45, 7) is 0. The first kappa shape index (κ1) is 12.0. The molecular weight excluding hydrogens is 242 g/mol. The van der Waals surface area contributed by atoms with E-state index in [1.165, 1.54) is 12.1 Å². The van der Waals surface area contributed by atoms with Crippen LogP contribution in [0.4, 0.5) is 5.69 Å². The van der Waals surface area contributed by atoms with E-state index in [1.54, 1.807) is 0 Å². The minimum atomic E-state index is -4.09. The predicted molar refractivity (Wildman–Crippen MR) is 54.5 cm³/mol. The Kier molecular flexibility index (Phi) is 3.32. The number of nitro groups is 1. The molecular formula is C7H7NO5S2. The summed E-state index contributed by atoms with van der Waals surface area (Å²) in [5.41, 5.74) is -0.581. The van der Waals surface area contributed by atoms with Crippen LogP contribution in [-0.4, -0.2) is 20.5 Å². The maximum atomic E-state index is 11.3. The Balaban J connectivity index is 3.57. The summed E-state index contributed by atoms with van der Waals surface area (Å²) in [5.74, 6) is 0. The second-order valence-electron chi connectivity index (χ2n) is 2.50. The number of thiol groups is 1. The molecule has 0 spiro atoms. The standard InChI is InChI=1S/C7H7NO5S2/c1-13-15(11,12)6-4-2-3-5(14)7(6)8(9)10/h2-4,14H,1H3. The molecule has 0 aliphatic carbocycles. The van der Waals surface area contributed by atoms with E-state index in [1.807, 2.05) is 0 Å². The number of nitro benzene ring substituents is 1. The minimum Gasteiger partial charge on any atom is -0.270 e. The molecule has 0 saturated heterocycles. The van der Waals surface area contributed by atoms with Gasteiger partial charge in [0.25, 0.3) is 0 Å². The molecule has 0 N–H and O–H groups in total. The summed E-state index contributed by atoms with van der Waals surface area (Å²) >= 11 is 3.82. The van der Waals surface area contributed by atoms with Crippen molar-refractivity contribution < 1.29 is 17.5 Å². The molecule has 0 aromatic heterocycles. The molecule has 1 aromatic carbocycles. The molecule has 8 heteroatoms. The highest BCUT2D eigenvalue weighted by molar-refractivity contribution is 7.87. The van der Waals surface area contributed by atoms with Crippen molar-refractivity contribution in [2.75, 3.05) is 7.11 Å². The minimum absolute atomic E-state index is 0.0295. The number of hydrogen-bond donors (Lipinski definition) is 1. The summed E-state index contributed by atoms with van der Waals surface area (Å²) in [4.78, 5) is 9.30. The van der Waals surface area contributed by atoms with E-state index in [4.69, 9.17) is 0 Å². The van der Waals surface area contributed by atoms with Gasteiger partial charge in [-0.05, 0) is 12.1 Å². The summed E-state index contributed by atoms with van der Waals surface area (Å²) in [7, 11) is -3.15. The van der Waals surface area contributed by atoms with Crippen LogP contribution >= 0.6 is 12.6 Å². The molecule has 0 radical (unpaired) electrons. The van der Waals surface area contributed by atoms with Crippen LogP contribution in [0, 0.1) is 10.1 Å². The van der Waals surface area contributed by atoms with Crippen molar-refractivity contribution in [3.8, 4) is 0 Å². The van der Waals surface area contributed by atoms with Gasteiger partial charge in [0, 0.05) is 0 Å². The zero-order valence-corrected chi connectivity index (χ0v) is 9.29. The van der Waals surface area contributed by atoms with Crippen molar-refractivity contribution in [1.29, 1.82) is 0 Å². The van der Waals surface area contributed by atoms with Crippen LogP contribution in [0.1, 0.15) is 0 Å². The smallest absolute Gasteiger partial charge is 0.270 e. The third-order valence-electron chi connectivity index (χ3n) is 1.65. The van der Waals surface area contributed by atoms with Crippen LogP contribution in [0.15, 0.2) is 28.0 Å². The highest BCUT2D eigenvalue weighted by Crippen LogP contribution is 2.30. The molecule has 1 aromatic rings. The lowest BCUT2D eigenvalue weighted by molar-refractivity contribution is -0.390.